The molecule has 3 nitrogen and oxygen atoms in total. The molecule has 0 heterocycles. The number of ether oxygens (including phenoxy) is 1. The number of carbonyl (C=O) groups is 1. The molecule has 2 saturated carbocycles. The first-order valence-electron chi connectivity index (χ1n) is 11.7. The fraction of sp³-hybridized carbons (Fsp3) is 0.536. The molecule has 5 unspecified atom stereocenters. The van der Waals surface area contributed by atoms with E-state index in [1.165, 1.54) is 22.3 Å². The highest BCUT2D eigenvalue weighted by Crippen LogP contribution is 2.64. The van der Waals surface area contributed by atoms with Crippen molar-refractivity contribution in [3.8, 4) is 18.1 Å². The summed E-state index contributed by atoms with van der Waals surface area (Å²) in [6, 6.07) is 6.13. The van der Waals surface area contributed by atoms with Crippen molar-refractivity contribution in [2.45, 2.75) is 70.8 Å². The lowest BCUT2D eigenvalue weighted by molar-refractivity contribution is -0.114. The Balaban J connectivity index is 0.000000775. The number of carbonyl (C=O) groups excluding carboxylic acids is 1. The number of methoxy groups -OCH3 is 1. The number of rotatable bonds is 2. The van der Waals surface area contributed by atoms with Gasteiger partial charge in [0.1, 0.15) is 5.75 Å². The SMILES string of the molecule is C#CC.COc1cc(C2CC3(C)C(O)CCC3C3CCC4=CC(=O)CCC4=C23)ccc1Cl. The van der Waals surface area contributed by atoms with Gasteiger partial charge in [-0.05, 0) is 97.6 Å². The van der Waals surface area contributed by atoms with E-state index in [2.05, 4.69) is 31.4 Å². The molecular weight excluding hydrogens is 420 g/mol. The molecule has 2 fully saturated rings. The quantitative estimate of drug-likeness (QED) is 0.539. The number of ketones is 1. The Hall–Kier alpha value is -2.02. The predicted molar refractivity (Wildman–Crippen MR) is 129 cm³/mol. The van der Waals surface area contributed by atoms with E-state index in [1.807, 2.05) is 12.1 Å². The second-order valence-corrected chi connectivity index (χ2v) is 10.3. The molecule has 4 heteroatoms. The van der Waals surface area contributed by atoms with Crippen LogP contribution in [0.1, 0.15) is 70.3 Å². The molecule has 170 valence electrons. The smallest absolute Gasteiger partial charge is 0.156 e. The summed E-state index contributed by atoms with van der Waals surface area (Å²) in [5, 5.41) is 11.6. The third-order valence-corrected chi connectivity index (χ3v) is 8.57. The first kappa shape index (κ1) is 23.1. The molecule has 0 bridgehead atoms. The summed E-state index contributed by atoms with van der Waals surface area (Å²) in [6.07, 6.45) is 12.8. The Labute approximate surface area is 196 Å². The largest absolute Gasteiger partial charge is 0.495 e. The standard InChI is InChI=1S/C25H29ClO3.C3H4/c1-25-13-19(15-4-9-21(26)22(12-15)29-2)24-17-7-5-16(27)11-14(17)3-6-18(24)20(25)8-10-23(25)28;1-3-2/h4,9,11-12,18-20,23,28H,3,5-8,10,13H2,1-2H3;1H,2H3. The molecule has 5 rings (SSSR count). The van der Waals surface area contributed by atoms with Crippen LogP contribution >= 0.6 is 11.6 Å². The molecule has 4 aliphatic rings. The van der Waals surface area contributed by atoms with Crippen LogP contribution in [0, 0.1) is 29.6 Å². The molecule has 1 aromatic carbocycles. The molecule has 5 atom stereocenters. The second-order valence-electron chi connectivity index (χ2n) is 9.86. The van der Waals surface area contributed by atoms with Crippen molar-refractivity contribution in [3.05, 3.63) is 51.6 Å². The number of allylic oxidation sites excluding steroid dienone is 4. The topological polar surface area (TPSA) is 46.5 Å². The lowest BCUT2D eigenvalue weighted by Crippen LogP contribution is -2.45. The van der Waals surface area contributed by atoms with Gasteiger partial charge in [0, 0.05) is 12.3 Å². The summed E-state index contributed by atoms with van der Waals surface area (Å²) in [6.45, 7) is 3.95. The van der Waals surface area contributed by atoms with Crippen LogP contribution < -0.4 is 4.74 Å². The molecule has 0 aromatic heterocycles. The van der Waals surface area contributed by atoms with Gasteiger partial charge in [-0.15, -0.1) is 12.3 Å². The van der Waals surface area contributed by atoms with Gasteiger partial charge in [-0.1, -0.05) is 30.2 Å². The van der Waals surface area contributed by atoms with Crippen LogP contribution in [0.4, 0.5) is 0 Å². The van der Waals surface area contributed by atoms with Crippen molar-refractivity contribution < 1.29 is 14.6 Å². The van der Waals surface area contributed by atoms with Crippen LogP contribution in [0.2, 0.25) is 5.02 Å². The summed E-state index contributed by atoms with van der Waals surface area (Å²) < 4.78 is 5.51. The van der Waals surface area contributed by atoms with Crippen molar-refractivity contribution >= 4 is 17.4 Å². The maximum Gasteiger partial charge on any atom is 0.156 e. The van der Waals surface area contributed by atoms with Gasteiger partial charge in [0.15, 0.2) is 5.78 Å². The van der Waals surface area contributed by atoms with E-state index < -0.39 is 0 Å². The number of hydrogen-bond donors (Lipinski definition) is 1. The van der Waals surface area contributed by atoms with Gasteiger partial charge >= 0.3 is 0 Å². The number of benzene rings is 1. The summed E-state index contributed by atoms with van der Waals surface area (Å²) >= 11 is 6.32. The van der Waals surface area contributed by atoms with Gasteiger partial charge in [-0.25, -0.2) is 0 Å². The van der Waals surface area contributed by atoms with Crippen LogP contribution in [0.3, 0.4) is 0 Å². The van der Waals surface area contributed by atoms with E-state index in [-0.39, 0.29) is 23.2 Å². The summed E-state index contributed by atoms with van der Waals surface area (Å²) in [7, 11) is 1.66. The highest BCUT2D eigenvalue weighted by molar-refractivity contribution is 6.32. The minimum atomic E-state index is -0.236. The van der Waals surface area contributed by atoms with E-state index in [9.17, 15) is 9.90 Å². The minimum Gasteiger partial charge on any atom is -0.495 e. The third kappa shape index (κ3) is 3.82. The fourth-order valence-corrected chi connectivity index (χ4v) is 7.02. The van der Waals surface area contributed by atoms with Crippen molar-refractivity contribution in [2.75, 3.05) is 7.11 Å². The van der Waals surface area contributed by atoms with E-state index in [0.717, 1.165) is 38.5 Å². The monoisotopic (exact) mass is 452 g/mol. The summed E-state index contributed by atoms with van der Waals surface area (Å²) in [4.78, 5) is 12.1. The zero-order valence-corrected chi connectivity index (χ0v) is 20.0. The average Bonchev–Trinajstić information content (AvgIpc) is 3.08. The lowest BCUT2D eigenvalue weighted by atomic mass is 9.53. The zero-order chi connectivity index (χ0) is 23.0. The third-order valence-electron chi connectivity index (χ3n) is 8.26. The maximum atomic E-state index is 12.1. The van der Waals surface area contributed by atoms with Crippen molar-refractivity contribution in [2.24, 2.45) is 17.3 Å². The Morgan fingerprint density at radius 3 is 2.69 bits per heavy atom. The molecule has 4 aliphatic carbocycles. The van der Waals surface area contributed by atoms with Crippen molar-refractivity contribution in [1.82, 2.24) is 0 Å². The molecule has 32 heavy (non-hydrogen) atoms. The lowest BCUT2D eigenvalue weighted by Gasteiger charge is -2.52. The van der Waals surface area contributed by atoms with Crippen molar-refractivity contribution in [1.29, 1.82) is 0 Å². The van der Waals surface area contributed by atoms with E-state index in [1.54, 1.807) is 14.0 Å². The molecule has 0 saturated heterocycles. The Morgan fingerprint density at radius 2 is 1.97 bits per heavy atom. The average molecular weight is 453 g/mol. The Kier molecular flexibility index (Phi) is 6.57. The van der Waals surface area contributed by atoms with Gasteiger partial charge in [-0.2, -0.15) is 0 Å². The van der Waals surface area contributed by atoms with Gasteiger partial charge < -0.3 is 9.84 Å². The van der Waals surface area contributed by atoms with E-state index in [4.69, 9.17) is 16.3 Å². The second kappa shape index (κ2) is 9.08. The van der Waals surface area contributed by atoms with E-state index >= 15 is 0 Å². The zero-order valence-electron chi connectivity index (χ0n) is 19.3. The van der Waals surface area contributed by atoms with Crippen molar-refractivity contribution in [3.63, 3.8) is 0 Å². The molecule has 1 aromatic rings. The summed E-state index contributed by atoms with van der Waals surface area (Å²) in [5.41, 5.74) is 5.40. The minimum absolute atomic E-state index is 0.0576. The molecule has 0 spiro atoms. The van der Waals surface area contributed by atoms with Crippen LogP contribution in [0.25, 0.3) is 0 Å². The van der Waals surface area contributed by atoms with Gasteiger partial charge in [0.2, 0.25) is 0 Å². The van der Waals surface area contributed by atoms with E-state index in [0.29, 0.717) is 29.0 Å². The number of aliphatic hydroxyl groups is 1. The first-order valence-corrected chi connectivity index (χ1v) is 12.1. The Bertz CT molecular complexity index is 1010. The summed E-state index contributed by atoms with van der Waals surface area (Å²) in [5.74, 6) is 4.50. The molecule has 0 aliphatic heterocycles. The van der Waals surface area contributed by atoms with Gasteiger partial charge in [0.25, 0.3) is 0 Å². The first-order chi connectivity index (χ1) is 15.3. The molecule has 1 N–H and O–H groups in total. The Morgan fingerprint density at radius 1 is 1.22 bits per heavy atom. The number of aliphatic hydroxyl groups excluding tert-OH is 1. The number of hydrogen-bond acceptors (Lipinski definition) is 3. The maximum absolute atomic E-state index is 12.1. The highest BCUT2D eigenvalue weighted by Gasteiger charge is 2.56. The van der Waals surface area contributed by atoms with Crippen LogP contribution in [-0.2, 0) is 4.79 Å². The number of terminal acetylenes is 1. The molecular formula is C28H33ClO3. The normalized spacial score (nSPS) is 33.1. The predicted octanol–water partition coefficient (Wildman–Crippen LogP) is 6.25. The number of halogens is 1. The number of fused-ring (bicyclic) bond motifs is 4. The van der Waals surface area contributed by atoms with Gasteiger partial charge in [-0.3, -0.25) is 4.79 Å². The van der Waals surface area contributed by atoms with Crippen LogP contribution in [0.15, 0.2) is 41.0 Å². The molecule has 0 amide bonds. The fourth-order valence-electron chi connectivity index (χ4n) is 6.82. The van der Waals surface area contributed by atoms with Crippen LogP contribution in [-0.4, -0.2) is 24.1 Å². The molecule has 0 radical (unpaired) electrons. The van der Waals surface area contributed by atoms with Crippen LogP contribution in [0.5, 0.6) is 5.75 Å². The van der Waals surface area contributed by atoms with Gasteiger partial charge in [0.05, 0.1) is 18.2 Å². The highest BCUT2D eigenvalue weighted by atomic mass is 35.5.